The Morgan fingerprint density at radius 1 is 1.10 bits per heavy atom. The molecule has 0 aliphatic carbocycles. The summed E-state index contributed by atoms with van der Waals surface area (Å²) in [5.74, 6) is -0.0926. The van der Waals surface area contributed by atoms with Gasteiger partial charge in [0.2, 0.25) is 11.8 Å². The number of hydrogen-bond acceptors (Lipinski definition) is 5. The lowest BCUT2D eigenvalue weighted by Crippen LogP contribution is -2.42. The summed E-state index contributed by atoms with van der Waals surface area (Å²) in [6, 6.07) is 22.3. The fraction of sp³-hybridized carbons (Fsp3) is 0.281. The summed E-state index contributed by atoms with van der Waals surface area (Å²) in [6.07, 6.45) is 0.669. The van der Waals surface area contributed by atoms with E-state index in [0.29, 0.717) is 31.1 Å². The van der Waals surface area contributed by atoms with E-state index in [2.05, 4.69) is 11.4 Å². The number of thioether (sulfide) groups is 1. The van der Waals surface area contributed by atoms with Crippen molar-refractivity contribution in [3.8, 4) is 16.9 Å². The van der Waals surface area contributed by atoms with Gasteiger partial charge in [0.1, 0.15) is 18.2 Å². The molecule has 5 rings (SSSR count). The van der Waals surface area contributed by atoms with Crippen molar-refractivity contribution in [3.05, 3.63) is 101 Å². The molecule has 1 aliphatic rings. The number of anilines is 1. The Hall–Kier alpha value is -3.95. The maximum Gasteiger partial charge on any atom is 0.240 e. The highest BCUT2D eigenvalue weighted by atomic mass is 32.2. The Kier molecular flexibility index (Phi) is 8.85. The van der Waals surface area contributed by atoms with Gasteiger partial charge in [-0.15, -0.1) is 11.8 Å². The molecule has 1 N–H and O–H groups in total. The third kappa shape index (κ3) is 6.21. The second-order valence-corrected chi connectivity index (χ2v) is 11.2. The van der Waals surface area contributed by atoms with Crippen molar-refractivity contribution in [2.75, 3.05) is 37.5 Å². The van der Waals surface area contributed by atoms with Crippen LogP contribution in [0.3, 0.4) is 0 Å². The minimum atomic E-state index is -0.329. The average molecular weight is 573 g/mol. The third-order valence-corrected chi connectivity index (χ3v) is 8.29. The number of fused-ring (bicyclic) bond motifs is 1. The number of amides is 2. The first-order valence-corrected chi connectivity index (χ1v) is 14.6. The van der Waals surface area contributed by atoms with Crippen LogP contribution < -0.4 is 10.2 Å². The lowest BCUT2D eigenvalue weighted by atomic mass is 9.99. The van der Waals surface area contributed by atoms with Gasteiger partial charge in [-0.1, -0.05) is 60.2 Å². The molecule has 41 heavy (non-hydrogen) atoms. The number of nitrogens with zero attached hydrogens (tertiary/aromatic N) is 3. The highest BCUT2D eigenvalue weighted by Gasteiger charge is 2.37. The van der Waals surface area contributed by atoms with Crippen LogP contribution in [0.15, 0.2) is 72.8 Å². The summed E-state index contributed by atoms with van der Waals surface area (Å²) < 4.78 is 20.8. The van der Waals surface area contributed by atoms with E-state index >= 15 is 0 Å². The standard InChI is InChI=1S/C32H33FN4O3S/c1-21-10-15-26(22(2)18-21)37-32-29(30(35-37)23-8-5-4-6-9-23)31(24-11-13-25(33)14-12-24)41-20-28(39)36(32)19-27(38)34-16-7-17-40-3/h4-6,8-15,18,31H,7,16-17,19-20H2,1-3H3,(H,34,38)/t31-/m1/s1. The molecule has 1 atom stereocenters. The fourth-order valence-corrected chi connectivity index (χ4v) is 6.28. The smallest absolute Gasteiger partial charge is 0.240 e. The molecule has 0 saturated heterocycles. The van der Waals surface area contributed by atoms with Crippen LogP contribution in [-0.4, -0.2) is 54.2 Å². The summed E-state index contributed by atoms with van der Waals surface area (Å²) in [4.78, 5) is 28.5. The molecule has 0 fully saturated rings. The van der Waals surface area contributed by atoms with Gasteiger partial charge < -0.3 is 10.1 Å². The van der Waals surface area contributed by atoms with Gasteiger partial charge in [-0.3, -0.25) is 14.5 Å². The maximum atomic E-state index is 14.0. The van der Waals surface area contributed by atoms with E-state index in [1.165, 1.54) is 23.9 Å². The second kappa shape index (κ2) is 12.7. The number of aryl methyl sites for hydroxylation is 2. The quantitative estimate of drug-likeness (QED) is 0.264. The van der Waals surface area contributed by atoms with Crippen LogP contribution in [0.1, 0.15) is 33.9 Å². The molecule has 2 heterocycles. The van der Waals surface area contributed by atoms with Crippen molar-refractivity contribution < 1.29 is 18.7 Å². The zero-order valence-corrected chi connectivity index (χ0v) is 24.2. The Labute approximate surface area is 243 Å². The molecule has 2 amide bonds. The van der Waals surface area contributed by atoms with Crippen LogP contribution in [0.2, 0.25) is 0 Å². The number of carbonyl (C=O) groups excluding carboxylic acids is 2. The van der Waals surface area contributed by atoms with E-state index in [9.17, 15) is 14.0 Å². The first-order valence-electron chi connectivity index (χ1n) is 13.6. The first kappa shape index (κ1) is 28.6. The lowest BCUT2D eigenvalue weighted by Gasteiger charge is -2.24. The molecule has 0 unspecified atom stereocenters. The molecule has 1 aliphatic heterocycles. The molecule has 0 spiro atoms. The monoisotopic (exact) mass is 572 g/mol. The van der Waals surface area contributed by atoms with E-state index in [4.69, 9.17) is 9.84 Å². The van der Waals surface area contributed by atoms with Crippen molar-refractivity contribution in [2.24, 2.45) is 0 Å². The molecule has 4 aromatic rings. The molecule has 1 aromatic heterocycles. The summed E-state index contributed by atoms with van der Waals surface area (Å²) in [5, 5.41) is 7.71. The fourth-order valence-electron chi connectivity index (χ4n) is 5.08. The van der Waals surface area contributed by atoms with Gasteiger partial charge in [0.15, 0.2) is 0 Å². The number of halogens is 1. The summed E-state index contributed by atoms with van der Waals surface area (Å²) in [7, 11) is 1.62. The molecule has 3 aromatic carbocycles. The molecular formula is C32H33FN4O3S. The molecule has 0 radical (unpaired) electrons. The van der Waals surface area contributed by atoms with Crippen LogP contribution in [0.25, 0.3) is 16.9 Å². The second-order valence-electron chi connectivity index (χ2n) is 10.1. The van der Waals surface area contributed by atoms with E-state index < -0.39 is 0 Å². The number of aromatic nitrogens is 2. The topological polar surface area (TPSA) is 76.5 Å². The van der Waals surface area contributed by atoms with E-state index in [1.807, 2.05) is 56.3 Å². The SMILES string of the molecule is COCCCNC(=O)CN1C(=O)CS[C@H](c2ccc(F)cc2)c2c(-c3ccccc3)nn(-c3ccc(C)cc3C)c21. The van der Waals surface area contributed by atoms with Gasteiger partial charge in [0.05, 0.1) is 22.4 Å². The highest BCUT2D eigenvalue weighted by molar-refractivity contribution is 8.00. The van der Waals surface area contributed by atoms with Crippen LogP contribution in [0, 0.1) is 19.7 Å². The van der Waals surface area contributed by atoms with Crippen LogP contribution >= 0.6 is 11.8 Å². The van der Waals surface area contributed by atoms with Gasteiger partial charge in [0.25, 0.3) is 0 Å². The van der Waals surface area contributed by atoms with Gasteiger partial charge in [-0.2, -0.15) is 5.10 Å². The predicted molar refractivity (Wildman–Crippen MR) is 161 cm³/mol. The van der Waals surface area contributed by atoms with Crippen molar-refractivity contribution in [3.63, 3.8) is 0 Å². The van der Waals surface area contributed by atoms with Crippen molar-refractivity contribution in [1.82, 2.24) is 15.1 Å². The molecule has 7 nitrogen and oxygen atoms in total. The summed E-state index contributed by atoms with van der Waals surface area (Å²) in [6.45, 7) is 4.86. The number of benzene rings is 3. The zero-order valence-electron chi connectivity index (χ0n) is 23.4. The normalized spacial score (nSPS) is 15.0. The van der Waals surface area contributed by atoms with Crippen LogP contribution in [-0.2, 0) is 14.3 Å². The van der Waals surface area contributed by atoms with Crippen molar-refractivity contribution in [2.45, 2.75) is 25.5 Å². The van der Waals surface area contributed by atoms with Gasteiger partial charge >= 0.3 is 0 Å². The third-order valence-electron chi connectivity index (χ3n) is 7.04. The van der Waals surface area contributed by atoms with Gasteiger partial charge in [0, 0.05) is 31.4 Å². The predicted octanol–water partition coefficient (Wildman–Crippen LogP) is 5.62. The minimum Gasteiger partial charge on any atom is -0.385 e. The first-order chi connectivity index (χ1) is 19.9. The number of rotatable bonds is 9. The Balaban J connectivity index is 1.73. The number of methoxy groups -OCH3 is 1. The Bertz CT molecular complexity index is 1540. The highest BCUT2D eigenvalue weighted by Crippen LogP contribution is 2.48. The number of hydrogen-bond donors (Lipinski definition) is 1. The van der Waals surface area contributed by atoms with Crippen LogP contribution in [0.4, 0.5) is 10.2 Å². The maximum absolute atomic E-state index is 14.0. The number of nitrogens with one attached hydrogen (secondary N) is 1. The Morgan fingerprint density at radius 3 is 2.56 bits per heavy atom. The van der Waals surface area contributed by atoms with E-state index in [0.717, 1.165) is 33.5 Å². The average Bonchev–Trinajstić information content (AvgIpc) is 3.28. The summed E-state index contributed by atoms with van der Waals surface area (Å²) >= 11 is 1.46. The zero-order chi connectivity index (χ0) is 28.9. The van der Waals surface area contributed by atoms with Crippen molar-refractivity contribution >= 4 is 29.4 Å². The van der Waals surface area contributed by atoms with Gasteiger partial charge in [-0.05, 0) is 49.6 Å². The molecule has 0 bridgehead atoms. The van der Waals surface area contributed by atoms with Crippen molar-refractivity contribution in [1.29, 1.82) is 0 Å². The molecule has 9 heteroatoms. The number of ether oxygens (including phenoxy) is 1. The summed E-state index contributed by atoms with van der Waals surface area (Å²) in [5.41, 5.74) is 6.18. The van der Waals surface area contributed by atoms with E-state index in [-0.39, 0.29) is 35.2 Å². The molecule has 0 saturated carbocycles. The van der Waals surface area contributed by atoms with Gasteiger partial charge in [-0.25, -0.2) is 9.07 Å². The number of carbonyl (C=O) groups is 2. The minimum absolute atomic E-state index is 0.148. The Morgan fingerprint density at radius 2 is 1.85 bits per heavy atom. The lowest BCUT2D eigenvalue weighted by molar-refractivity contribution is -0.122. The molecular weight excluding hydrogens is 539 g/mol. The largest absolute Gasteiger partial charge is 0.385 e. The molecule has 212 valence electrons. The van der Waals surface area contributed by atoms with Crippen LogP contribution in [0.5, 0.6) is 0 Å². The van der Waals surface area contributed by atoms with E-state index in [1.54, 1.807) is 28.8 Å².